The Labute approximate surface area is 119 Å². The molecule has 0 aromatic carbocycles. The Balaban J connectivity index is 3.00. The summed E-state index contributed by atoms with van der Waals surface area (Å²) in [6.45, 7) is 7.62. The minimum Gasteiger partial charge on any atom is -0.395 e. The molecule has 1 atom stereocenters. The first kappa shape index (κ1) is 16.4. The Morgan fingerprint density at radius 2 is 2.00 bits per heavy atom. The van der Waals surface area contributed by atoms with E-state index in [1.54, 1.807) is 11.5 Å². The Bertz CT molecular complexity index is 494. The van der Waals surface area contributed by atoms with Gasteiger partial charge in [0.1, 0.15) is 5.69 Å². The van der Waals surface area contributed by atoms with Crippen LogP contribution in [0.15, 0.2) is 6.33 Å². The molecule has 20 heavy (non-hydrogen) atoms. The van der Waals surface area contributed by atoms with Crippen LogP contribution >= 0.6 is 0 Å². The maximum atomic E-state index is 12.5. The van der Waals surface area contributed by atoms with E-state index in [1.165, 1.54) is 13.4 Å². The molecule has 1 unspecified atom stereocenters. The SMILES string of the molecule is Cc1ncn(CCO)c1C(=O)N(C)C(=O)C(C)C(C)C. The van der Waals surface area contributed by atoms with Gasteiger partial charge in [0.25, 0.3) is 5.91 Å². The highest BCUT2D eigenvalue weighted by molar-refractivity contribution is 6.04. The smallest absolute Gasteiger partial charge is 0.278 e. The molecule has 1 aromatic rings. The summed E-state index contributed by atoms with van der Waals surface area (Å²) in [7, 11) is 1.49. The molecule has 6 heteroatoms. The van der Waals surface area contributed by atoms with E-state index in [-0.39, 0.29) is 36.8 Å². The van der Waals surface area contributed by atoms with Gasteiger partial charge in [-0.25, -0.2) is 4.98 Å². The molecule has 0 saturated heterocycles. The first-order chi connectivity index (χ1) is 9.31. The predicted octanol–water partition coefficient (Wildman–Crippen LogP) is 1.07. The zero-order chi connectivity index (χ0) is 15.4. The van der Waals surface area contributed by atoms with Crippen LogP contribution in [-0.4, -0.2) is 45.0 Å². The van der Waals surface area contributed by atoms with Crippen LogP contribution in [0.25, 0.3) is 0 Å². The highest BCUT2D eigenvalue weighted by atomic mass is 16.3. The third-order valence-electron chi connectivity index (χ3n) is 3.59. The van der Waals surface area contributed by atoms with Crippen LogP contribution in [0, 0.1) is 18.8 Å². The van der Waals surface area contributed by atoms with Gasteiger partial charge in [0.2, 0.25) is 5.91 Å². The van der Waals surface area contributed by atoms with E-state index in [0.717, 1.165) is 4.90 Å². The van der Waals surface area contributed by atoms with Gasteiger partial charge in [0.15, 0.2) is 0 Å². The predicted molar refractivity (Wildman–Crippen MR) is 75.2 cm³/mol. The van der Waals surface area contributed by atoms with Crippen molar-refractivity contribution in [3.05, 3.63) is 17.7 Å². The van der Waals surface area contributed by atoms with E-state index in [2.05, 4.69) is 4.98 Å². The molecule has 1 aromatic heterocycles. The lowest BCUT2D eigenvalue weighted by Crippen LogP contribution is -2.39. The van der Waals surface area contributed by atoms with E-state index < -0.39 is 0 Å². The summed E-state index contributed by atoms with van der Waals surface area (Å²) in [4.78, 5) is 29.9. The zero-order valence-corrected chi connectivity index (χ0v) is 12.8. The van der Waals surface area contributed by atoms with Crippen LogP contribution in [0.1, 0.15) is 37.0 Å². The van der Waals surface area contributed by atoms with Crippen LogP contribution in [-0.2, 0) is 11.3 Å². The van der Waals surface area contributed by atoms with E-state index >= 15 is 0 Å². The number of hydrogen-bond acceptors (Lipinski definition) is 4. The molecular weight excluding hydrogens is 258 g/mol. The molecule has 112 valence electrons. The topological polar surface area (TPSA) is 75.4 Å². The molecular formula is C14H23N3O3. The number of hydrogen-bond donors (Lipinski definition) is 1. The number of rotatable bonds is 5. The molecule has 0 aliphatic carbocycles. The van der Waals surface area contributed by atoms with Crippen LogP contribution in [0.2, 0.25) is 0 Å². The number of imidazole rings is 1. The second kappa shape index (κ2) is 6.65. The summed E-state index contributed by atoms with van der Waals surface area (Å²) in [5, 5.41) is 9.00. The van der Waals surface area contributed by atoms with Gasteiger partial charge in [0, 0.05) is 19.5 Å². The van der Waals surface area contributed by atoms with E-state index in [0.29, 0.717) is 11.4 Å². The molecule has 0 aliphatic heterocycles. The van der Waals surface area contributed by atoms with E-state index in [4.69, 9.17) is 5.11 Å². The average molecular weight is 281 g/mol. The van der Waals surface area contributed by atoms with Crippen molar-refractivity contribution in [2.75, 3.05) is 13.7 Å². The molecule has 0 spiro atoms. The number of aromatic nitrogens is 2. The van der Waals surface area contributed by atoms with E-state index in [1.807, 2.05) is 20.8 Å². The average Bonchev–Trinajstić information content (AvgIpc) is 2.76. The standard InChI is InChI=1S/C14H23N3O3/c1-9(2)10(3)13(19)16(5)14(20)12-11(4)15-8-17(12)6-7-18/h8-10,18H,6-7H2,1-5H3. The van der Waals surface area contributed by atoms with Gasteiger partial charge in [0.05, 0.1) is 18.6 Å². The van der Waals surface area contributed by atoms with Crippen molar-refractivity contribution in [1.29, 1.82) is 0 Å². The van der Waals surface area contributed by atoms with Crippen LogP contribution in [0.4, 0.5) is 0 Å². The van der Waals surface area contributed by atoms with Gasteiger partial charge in [-0.2, -0.15) is 0 Å². The fourth-order valence-electron chi connectivity index (χ4n) is 1.89. The second-order valence-electron chi connectivity index (χ2n) is 5.33. The van der Waals surface area contributed by atoms with Crippen LogP contribution < -0.4 is 0 Å². The van der Waals surface area contributed by atoms with Gasteiger partial charge in [-0.05, 0) is 12.8 Å². The van der Waals surface area contributed by atoms with Gasteiger partial charge in [-0.3, -0.25) is 14.5 Å². The highest BCUT2D eigenvalue weighted by Crippen LogP contribution is 2.16. The van der Waals surface area contributed by atoms with Crippen molar-refractivity contribution in [3.8, 4) is 0 Å². The van der Waals surface area contributed by atoms with Crippen LogP contribution in [0.3, 0.4) is 0 Å². The molecule has 0 radical (unpaired) electrons. The molecule has 1 rings (SSSR count). The van der Waals surface area contributed by atoms with Crippen molar-refractivity contribution in [3.63, 3.8) is 0 Å². The number of carbonyl (C=O) groups is 2. The van der Waals surface area contributed by atoms with Gasteiger partial charge in [-0.1, -0.05) is 20.8 Å². The number of aliphatic hydroxyl groups excluding tert-OH is 1. The molecule has 1 heterocycles. The second-order valence-corrected chi connectivity index (χ2v) is 5.33. The summed E-state index contributed by atoms with van der Waals surface area (Å²) < 4.78 is 1.57. The monoisotopic (exact) mass is 281 g/mol. The van der Waals surface area contributed by atoms with Crippen molar-refractivity contribution < 1.29 is 14.7 Å². The minimum atomic E-state index is -0.383. The molecule has 6 nitrogen and oxygen atoms in total. The number of carbonyl (C=O) groups excluding carboxylic acids is 2. The van der Waals surface area contributed by atoms with E-state index in [9.17, 15) is 9.59 Å². The molecule has 0 saturated carbocycles. The Hall–Kier alpha value is -1.69. The fraction of sp³-hybridized carbons (Fsp3) is 0.643. The highest BCUT2D eigenvalue weighted by Gasteiger charge is 2.28. The third kappa shape index (κ3) is 3.25. The van der Waals surface area contributed by atoms with Gasteiger partial charge < -0.3 is 9.67 Å². The Morgan fingerprint density at radius 1 is 1.40 bits per heavy atom. The lowest BCUT2D eigenvalue weighted by atomic mass is 9.96. The summed E-state index contributed by atoms with van der Waals surface area (Å²) in [5.41, 5.74) is 0.908. The van der Waals surface area contributed by atoms with Crippen molar-refractivity contribution >= 4 is 11.8 Å². The molecule has 0 aliphatic rings. The van der Waals surface area contributed by atoms with Crippen molar-refractivity contribution in [2.45, 2.75) is 34.2 Å². The van der Waals surface area contributed by atoms with Gasteiger partial charge in [-0.15, -0.1) is 0 Å². The van der Waals surface area contributed by atoms with Crippen LogP contribution in [0.5, 0.6) is 0 Å². The number of aliphatic hydroxyl groups is 1. The maximum Gasteiger partial charge on any atom is 0.278 e. The normalized spacial score (nSPS) is 12.6. The number of amides is 2. The lowest BCUT2D eigenvalue weighted by Gasteiger charge is -2.22. The summed E-state index contributed by atoms with van der Waals surface area (Å²) >= 11 is 0. The third-order valence-corrected chi connectivity index (χ3v) is 3.59. The lowest BCUT2D eigenvalue weighted by molar-refractivity contribution is -0.132. The fourth-order valence-corrected chi connectivity index (χ4v) is 1.89. The maximum absolute atomic E-state index is 12.5. The van der Waals surface area contributed by atoms with Crippen molar-refractivity contribution in [1.82, 2.24) is 14.5 Å². The summed E-state index contributed by atoms with van der Waals surface area (Å²) in [6.07, 6.45) is 1.50. The number of imide groups is 1. The Kier molecular flexibility index (Phi) is 5.44. The first-order valence-corrected chi connectivity index (χ1v) is 6.75. The summed E-state index contributed by atoms with van der Waals surface area (Å²) in [6, 6.07) is 0. The zero-order valence-electron chi connectivity index (χ0n) is 12.8. The largest absolute Gasteiger partial charge is 0.395 e. The van der Waals surface area contributed by atoms with Crippen molar-refractivity contribution in [2.24, 2.45) is 11.8 Å². The number of nitrogens with zero attached hydrogens (tertiary/aromatic N) is 3. The Morgan fingerprint density at radius 3 is 2.50 bits per heavy atom. The number of aryl methyl sites for hydroxylation is 1. The molecule has 0 fully saturated rings. The van der Waals surface area contributed by atoms with Gasteiger partial charge >= 0.3 is 0 Å². The molecule has 0 bridgehead atoms. The summed E-state index contributed by atoms with van der Waals surface area (Å²) in [5.74, 6) is -0.647. The molecule has 2 amide bonds. The minimum absolute atomic E-state index is 0.0872. The quantitative estimate of drug-likeness (QED) is 0.876. The molecule has 1 N–H and O–H groups in total. The first-order valence-electron chi connectivity index (χ1n) is 6.75.